The van der Waals surface area contributed by atoms with E-state index >= 15 is 0 Å². The van der Waals surface area contributed by atoms with Crippen molar-refractivity contribution in [3.63, 3.8) is 0 Å². The van der Waals surface area contributed by atoms with Gasteiger partial charge in [-0.05, 0) is 27.7 Å². The van der Waals surface area contributed by atoms with Gasteiger partial charge in [-0.15, -0.1) is 0 Å². The van der Waals surface area contributed by atoms with Crippen molar-refractivity contribution in [2.24, 2.45) is 0 Å². The number of aliphatic hydroxyl groups is 1. The molecule has 0 aromatic carbocycles. The molecule has 4 nitrogen and oxygen atoms in total. The first-order valence-corrected chi connectivity index (χ1v) is 5.33. The van der Waals surface area contributed by atoms with Crippen molar-refractivity contribution in [2.45, 2.75) is 51.2 Å². The summed E-state index contributed by atoms with van der Waals surface area (Å²) >= 11 is 0. The van der Waals surface area contributed by atoms with Gasteiger partial charge in [0.25, 0.3) is 0 Å². The molecule has 0 saturated heterocycles. The molecule has 0 aliphatic rings. The predicted molar refractivity (Wildman–Crippen MR) is 57.9 cm³/mol. The molecule has 0 radical (unpaired) electrons. The van der Waals surface area contributed by atoms with Crippen molar-refractivity contribution in [1.82, 2.24) is 0 Å². The summed E-state index contributed by atoms with van der Waals surface area (Å²) in [4.78, 5) is 11.1. The Kier molecular flexibility index (Phi) is 5.03. The van der Waals surface area contributed by atoms with Crippen LogP contribution in [0.25, 0.3) is 0 Å². The molecule has 6 heteroatoms. The first-order chi connectivity index (χ1) is 7.50. The van der Waals surface area contributed by atoms with E-state index in [0.717, 1.165) is 6.92 Å². The van der Waals surface area contributed by atoms with E-state index in [1.54, 1.807) is 13.8 Å². The van der Waals surface area contributed by atoms with E-state index in [-0.39, 0.29) is 6.61 Å². The van der Waals surface area contributed by atoms with Gasteiger partial charge in [-0.2, -0.15) is 8.78 Å². The highest BCUT2D eigenvalue weighted by molar-refractivity contribution is 5.79. The number of rotatable bonds is 6. The number of ether oxygens (including phenoxy) is 2. The summed E-state index contributed by atoms with van der Waals surface area (Å²) in [7, 11) is 1.35. The Balaban J connectivity index is 4.96. The minimum atomic E-state index is -3.97. The van der Waals surface area contributed by atoms with Crippen molar-refractivity contribution in [3.05, 3.63) is 0 Å². The molecule has 0 spiro atoms. The summed E-state index contributed by atoms with van der Waals surface area (Å²) in [5.74, 6) is -5.70. The highest BCUT2D eigenvalue weighted by atomic mass is 19.3. The third-order valence-corrected chi connectivity index (χ3v) is 2.53. The lowest BCUT2D eigenvalue weighted by atomic mass is 9.85. The normalized spacial score (nSPS) is 16.5. The zero-order valence-corrected chi connectivity index (χ0v) is 10.8. The minimum absolute atomic E-state index is 0.168. The Labute approximate surface area is 99.9 Å². The fourth-order valence-corrected chi connectivity index (χ4v) is 1.45. The average Bonchev–Trinajstić information content (AvgIpc) is 2.16. The molecular formula is C11H20F2O4. The van der Waals surface area contributed by atoms with Gasteiger partial charge < -0.3 is 14.6 Å². The van der Waals surface area contributed by atoms with Crippen LogP contribution in [0.15, 0.2) is 0 Å². The van der Waals surface area contributed by atoms with Crippen LogP contribution in [-0.4, -0.2) is 41.9 Å². The second-order valence-corrected chi connectivity index (χ2v) is 4.71. The van der Waals surface area contributed by atoms with Gasteiger partial charge in [0.15, 0.2) is 0 Å². The van der Waals surface area contributed by atoms with Crippen LogP contribution >= 0.6 is 0 Å². The second kappa shape index (κ2) is 5.27. The molecule has 0 heterocycles. The lowest BCUT2D eigenvalue weighted by Crippen LogP contribution is -2.55. The fraction of sp³-hybridized carbons (Fsp3) is 0.909. The molecule has 0 aromatic rings. The second-order valence-electron chi connectivity index (χ2n) is 4.71. The number of esters is 1. The quantitative estimate of drug-likeness (QED) is 0.734. The summed E-state index contributed by atoms with van der Waals surface area (Å²) in [6, 6.07) is 0. The van der Waals surface area contributed by atoms with Gasteiger partial charge >= 0.3 is 11.9 Å². The van der Waals surface area contributed by atoms with E-state index in [1.807, 2.05) is 0 Å². The monoisotopic (exact) mass is 254 g/mol. The Morgan fingerprint density at radius 3 is 2.12 bits per heavy atom. The van der Waals surface area contributed by atoms with Gasteiger partial charge in [0, 0.05) is 13.5 Å². The fourth-order valence-electron chi connectivity index (χ4n) is 1.45. The molecule has 1 N–H and O–H groups in total. The van der Waals surface area contributed by atoms with Crippen molar-refractivity contribution < 1.29 is 28.2 Å². The van der Waals surface area contributed by atoms with Crippen LogP contribution in [0.2, 0.25) is 0 Å². The zero-order valence-electron chi connectivity index (χ0n) is 10.8. The summed E-state index contributed by atoms with van der Waals surface area (Å²) in [6.45, 7) is 5.23. The van der Waals surface area contributed by atoms with Crippen molar-refractivity contribution in [2.75, 3.05) is 13.7 Å². The molecule has 1 unspecified atom stereocenters. The number of hydrogen-bond acceptors (Lipinski definition) is 4. The third-order valence-electron chi connectivity index (χ3n) is 2.53. The van der Waals surface area contributed by atoms with Gasteiger partial charge in [-0.25, -0.2) is 4.79 Å². The summed E-state index contributed by atoms with van der Waals surface area (Å²) in [5, 5.41) is 9.78. The molecule has 0 fully saturated rings. The van der Waals surface area contributed by atoms with Crippen molar-refractivity contribution >= 4 is 5.97 Å². The molecule has 0 amide bonds. The number of alkyl halides is 2. The molecule has 0 aliphatic heterocycles. The molecule has 0 rings (SSSR count). The van der Waals surface area contributed by atoms with Crippen LogP contribution in [0.1, 0.15) is 34.1 Å². The van der Waals surface area contributed by atoms with Crippen LogP contribution in [0.5, 0.6) is 0 Å². The molecule has 102 valence electrons. The maximum atomic E-state index is 13.7. The van der Waals surface area contributed by atoms with E-state index in [4.69, 9.17) is 4.74 Å². The van der Waals surface area contributed by atoms with Crippen molar-refractivity contribution in [1.29, 1.82) is 0 Å². The SMILES string of the molecule is CCOC(=O)C(F)(F)C(C)(O)CC(C)(C)OC. The third kappa shape index (κ3) is 3.89. The Morgan fingerprint density at radius 1 is 1.29 bits per heavy atom. The Hall–Kier alpha value is -0.750. The van der Waals surface area contributed by atoms with E-state index in [1.165, 1.54) is 14.0 Å². The topological polar surface area (TPSA) is 55.8 Å². The van der Waals surface area contributed by atoms with E-state index < -0.39 is 29.5 Å². The standard InChI is InChI=1S/C11H20F2O4/c1-6-17-8(14)11(12,13)10(4,15)7-9(2,3)16-5/h15H,6-7H2,1-5H3. The molecular weight excluding hydrogens is 234 g/mol. The van der Waals surface area contributed by atoms with Gasteiger partial charge in [0.2, 0.25) is 0 Å². The van der Waals surface area contributed by atoms with Crippen molar-refractivity contribution in [3.8, 4) is 0 Å². The molecule has 17 heavy (non-hydrogen) atoms. The summed E-state index contributed by atoms with van der Waals surface area (Å²) in [5.41, 5.74) is -3.50. The lowest BCUT2D eigenvalue weighted by Gasteiger charge is -2.36. The van der Waals surface area contributed by atoms with Gasteiger partial charge in [-0.1, -0.05) is 0 Å². The maximum Gasteiger partial charge on any atom is 0.380 e. The molecule has 0 aliphatic carbocycles. The highest BCUT2D eigenvalue weighted by Gasteiger charge is 2.58. The number of carbonyl (C=O) groups excluding carboxylic acids is 1. The summed E-state index contributed by atoms with van der Waals surface area (Å²) in [6.07, 6.45) is -0.400. The molecule has 0 bridgehead atoms. The Bertz CT molecular complexity index is 275. The van der Waals surface area contributed by atoms with Gasteiger partial charge in [-0.3, -0.25) is 0 Å². The van der Waals surface area contributed by atoms with E-state index in [0.29, 0.717) is 0 Å². The van der Waals surface area contributed by atoms with Gasteiger partial charge in [0.1, 0.15) is 5.60 Å². The molecule has 1 atom stereocenters. The maximum absolute atomic E-state index is 13.7. The number of hydrogen-bond donors (Lipinski definition) is 1. The van der Waals surface area contributed by atoms with Crippen LogP contribution in [0.3, 0.4) is 0 Å². The first-order valence-electron chi connectivity index (χ1n) is 5.33. The van der Waals surface area contributed by atoms with E-state index in [9.17, 15) is 18.7 Å². The predicted octanol–water partition coefficient (Wildman–Crippen LogP) is 1.75. The van der Waals surface area contributed by atoms with Crippen LogP contribution in [0, 0.1) is 0 Å². The number of halogens is 2. The summed E-state index contributed by atoms with van der Waals surface area (Å²) < 4.78 is 36.6. The highest BCUT2D eigenvalue weighted by Crippen LogP contribution is 2.36. The molecule has 0 aromatic heterocycles. The number of carbonyl (C=O) groups is 1. The smallest absolute Gasteiger partial charge is 0.380 e. The largest absolute Gasteiger partial charge is 0.461 e. The minimum Gasteiger partial charge on any atom is -0.461 e. The van der Waals surface area contributed by atoms with Crippen LogP contribution in [0.4, 0.5) is 8.78 Å². The van der Waals surface area contributed by atoms with Crippen LogP contribution < -0.4 is 0 Å². The average molecular weight is 254 g/mol. The van der Waals surface area contributed by atoms with E-state index in [2.05, 4.69) is 4.74 Å². The lowest BCUT2D eigenvalue weighted by molar-refractivity contribution is -0.219. The zero-order chi connectivity index (χ0) is 13.9. The van der Waals surface area contributed by atoms with Gasteiger partial charge in [0.05, 0.1) is 12.2 Å². The molecule has 0 saturated carbocycles. The van der Waals surface area contributed by atoms with Crippen LogP contribution in [-0.2, 0) is 14.3 Å². The first kappa shape index (κ1) is 16.2. The Morgan fingerprint density at radius 2 is 1.76 bits per heavy atom. The number of methoxy groups -OCH3 is 1.